The van der Waals surface area contributed by atoms with Gasteiger partial charge in [-0.3, -0.25) is 19.3 Å². The normalized spacial score (nSPS) is 25.3. The number of imide groups is 1. The molecular formula is C23H22N2O3S. The van der Waals surface area contributed by atoms with Crippen LogP contribution in [0.15, 0.2) is 47.4 Å². The molecule has 0 bridgehead atoms. The topological polar surface area (TPSA) is 57.7 Å². The minimum atomic E-state index is -0.630. The maximum absolute atomic E-state index is 13.4. The van der Waals surface area contributed by atoms with Gasteiger partial charge in [0.25, 0.3) is 11.8 Å². The van der Waals surface area contributed by atoms with Crippen LogP contribution in [0.4, 0.5) is 0 Å². The monoisotopic (exact) mass is 406 g/mol. The second-order valence-electron chi connectivity index (χ2n) is 8.01. The van der Waals surface area contributed by atoms with E-state index in [0.717, 1.165) is 10.5 Å². The van der Waals surface area contributed by atoms with Crippen molar-refractivity contribution >= 4 is 29.5 Å². The average Bonchev–Trinajstić information content (AvgIpc) is 2.97. The lowest BCUT2D eigenvalue weighted by Crippen LogP contribution is -2.63. The summed E-state index contributed by atoms with van der Waals surface area (Å²) in [6, 6.07) is 13.1. The highest BCUT2D eigenvalue weighted by molar-refractivity contribution is 7.98. The number of carbonyl (C=O) groups excluding carboxylic acids is 3. The van der Waals surface area contributed by atoms with Gasteiger partial charge >= 0.3 is 0 Å². The molecule has 1 spiro atoms. The SMILES string of the molecule is CCN1Cc2ccc(SC)cc2C2(CC(N3C(=O)c4ccccc4C3=O)C2)C1=O. The number of benzene rings is 2. The molecule has 2 aromatic rings. The standard InChI is InChI=1S/C23H22N2O3S/c1-3-24-13-14-8-9-16(29-2)10-19(14)23(22(24)28)11-15(12-23)25-20(26)17-6-4-5-7-18(17)21(25)27/h4-10,15H,3,11-13H2,1-2H3. The fraction of sp³-hybridized carbons (Fsp3) is 0.348. The Morgan fingerprint density at radius 1 is 1.03 bits per heavy atom. The van der Waals surface area contributed by atoms with Crippen molar-refractivity contribution in [1.82, 2.24) is 9.80 Å². The molecule has 1 saturated carbocycles. The summed E-state index contributed by atoms with van der Waals surface area (Å²) >= 11 is 1.66. The highest BCUT2D eigenvalue weighted by atomic mass is 32.2. The largest absolute Gasteiger partial charge is 0.338 e. The molecule has 2 aromatic carbocycles. The Balaban J connectivity index is 1.50. The number of hydrogen-bond acceptors (Lipinski definition) is 4. The van der Waals surface area contributed by atoms with Crippen LogP contribution in [0, 0.1) is 0 Å². The summed E-state index contributed by atoms with van der Waals surface area (Å²) in [5, 5.41) is 0. The maximum atomic E-state index is 13.4. The fourth-order valence-electron chi connectivity index (χ4n) is 5.08. The number of nitrogens with zero attached hydrogens (tertiary/aromatic N) is 2. The molecule has 148 valence electrons. The second kappa shape index (κ2) is 6.46. The van der Waals surface area contributed by atoms with Gasteiger partial charge in [0.05, 0.1) is 16.5 Å². The molecule has 0 atom stereocenters. The first-order valence-electron chi connectivity index (χ1n) is 9.94. The third kappa shape index (κ3) is 2.45. The Bertz CT molecular complexity index is 1020. The molecule has 0 saturated heterocycles. The molecule has 5 nitrogen and oxygen atoms in total. The lowest BCUT2D eigenvalue weighted by Gasteiger charge is -2.53. The minimum Gasteiger partial charge on any atom is -0.338 e. The Morgan fingerprint density at radius 3 is 2.28 bits per heavy atom. The number of amides is 3. The van der Waals surface area contributed by atoms with Gasteiger partial charge in [0.1, 0.15) is 0 Å². The summed E-state index contributed by atoms with van der Waals surface area (Å²) in [6.07, 6.45) is 3.02. The van der Waals surface area contributed by atoms with Crippen LogP contribution in [0.25, 0.3) is 0 Å². The molecule has 3 amide bonds. The molecule has 0 radical (unpaired) electrons. The molecule has 0 unspecified atom stereocenters. The number of carbonyl (C=O) groups is 3. The van der Waals surface area contributed by atoms with Crippen LogP contribution in [-0.2, 0) is 16.8 Å². The molecule has 3 aliphatic rings. The maximum Gasteiger partial charge on any atom is 0.261 e. The number of rotatable bonds is 3. The van der Waals surface area contributed by atoms with E-state index < -0.39 is 5.41 Å². The summed E-state index contributed by atoms with van der Waals surface area (Å²) in [6.45, 7) is 3.27. The van der Waals surface area contributed by atoms with E-state index in [2.05, 4.69) is 18.2 Å². The highest BCUT2D eigenvalue weighted by Crippen LogP contribution is 2.52. The van der Waals surface area contributed by atoms with Crippen molar-refractivity contribution in [1.29, 1.82) is 0 Å². The first-order chi connectivity index (χ1) is 14.0. The lowest BCUT2D eigenvalue weighted by molar-refractivity contribution is -0.145. The fourth-order valence-corrected chi connectivity index (χ4v) is 5.52. The van der Waals surface area contributed by atoms with Gasteiger partial charge in [0.2, 0.25) is 5.91 Å². The van der Waals surface area contributed by atoms with Crippen molar-refractivity contribution in [2.45, 2.75) is 42.7 Å². The van der Waals surface area contributed by atoms with Crippen LogP contribution in [0.5, 0.6) is 0 Å². The molecule has 0 N–H and O–H groups in total. The first kappa shape index (κ1) is 18.4. The molecule has 6 heteroatoms. The average molecular weight is 407 g/mol. The van der Waals surface area contributed by atoms with Crippen molar-refractivity contribution in [2.24, 2.45) is 0 Å². The molecule has 2 aliphatic heterocycles. The number of fused-ring (bicyclic) bond motifs is 3. The quantitative estimate of drug-likeness (QED) is 0.579. The van der Waals surface area contributed by atoms with Crippen LogP contribution in [0.2, 0.25) is 0 Å². The predicted octanol–water partition coefficient (Wildman–Crippen LogP) is 3.47. The van der Waals surface area contributed by atoms with Gasteiger partial charge in [-0.05, 0) is 61.4 Å². The molecule has 1 aliphatic carbocycles. The van der Waals surface area contributed by atoms with E-state index in [1.807, 2.05) is 18.1 Å². The Kier molecular flexibility index (Phi) is 4.10. The third-order valence-corrected chi connectivity index (χ3v) is 7.36. The summed E-state index contributed by atoms with van der Waals surface area (Å²) in [4.78, 5) is 43.5. The first-order valence-corrected chi connectivity index (χ1v) is 11.2. The van der Waals surface area contributed by atoms with Crippen LogP contribution in [0.1, 0.15) is 51.6 Å². The van der Waals surface area contributed by atoms with Crippen LogP contribution in [0.3, 0.4) is 0 Å². The molecule has 0 aromatic heterocycles. The van der Waals surface area contributed by atoms with Crippen LogP contribution >= 0.6 is 11.8 Å². The van der Waals surface area contributed by atoms with E-state index in [1.54, 1.807) is 36.0 Å². The van der Waals surface area contributed by atoms with Gasteiger partial charge < -0.3 is 4.90 Å². The van der Waals surface area contributed by atoms with E-state index >= 15 is 0 Å². The Morgan fingerprint density at radius 2 is 1.69 bits per heavy atom. The summed E-state index contributed by atoms with van der Waals surface area (Å²) < 4.78 is 0. The molecular weight excluding hydrogens is 384 g/mol. The van der Waals surface area contributed by atoms with E-state index in [1.165, 1.54) is 10.5 Å². The van der Waals surface area contributed by atoms with E-state index in [-0.39, 0.29) is 23.8 Å². The van der Waals surface area contributed by atoms with Crippen molar-refractivity contribution in [3.8, 4) is 0 Å². The molecule has 1 fully saturated rings. The second-order valence-corrected chi connectivity index (χ2v) is 8.89. The number of thioether (sulfide) groups is 1. The number of hydrogen-bond donors (Lipinski definition) is 0. The van der Waals surface area contributed by atoms with Gasteiger partial charge in [-0.25, -0.2) is 0 Å². The zero-order valence-corrected chi connectivity index (χ0v) is 17.3. The lowest BCUT2D eigenvalue weighted by atomic mass is 9.58. The van der Waals surface area contributed by atoms with Gasteiger partial charge in [-0.2, -0.15) is 0 Å². The van der Waals surface area contributed by atoms with Crippen molar-refractivity contribution < 1.29 is 14.4 Å². The van der Waals surface area contributed by atoms with Crippen molar-refractivity contribution in [3.05, 3.63) is 64.7 Å². The molecule has 5 rings (SSSR count). The van der Waals surface area contributed by atoms with E-state index in [9.17, 15) is 14.4 Å². The summed E-state index contributed by atoms with van der Waals surface area (Å²) in [5.41, 5.74) is 2.55. The summed E-state index contributed by atoms with van der Waals surface area (Å²) in [5.74, 6) is -0.350. The smallest absolute Gasteiger partial charge is 0.261 e. The highest BCUT2D eigenvalue weighted by Gasteiger charge is 2.59. The van der Waals surface area contributed by atoms with Gasteiger partial charge in [-0.15, -0.1) is 11.8 Å². The number of likely N-dealkylation sites (N-methyl/N-ethyl adjacent to an activating group) is 1. The van der Waals surface area contributed by atoms with Gasteiger partial charge in [0.15, 0.2) is 0 Å². The third-order valence-electron chi connectivity index (χ3n) is 6.63. The summed E-state index contributed by atoms with van der Waals surface area (Å²) in [7, 11) is 0. The Hall–Kier alpha value is -2.60. The van der Waals surface area contributed by atoms with Crippen molar-refractivity contribution in [3.63, 3.8) is 0 Å². The zero-order valence-electron chi connectivity index (χ0n) is 16.5. The zero-order chi connectivity index (χ0) is 20.3. The van der Waals surface area contributed by atoms with E-state index in [0.29, 0.717) is 37.1 Å². The van der Waals surface area contributed by atoms with Gasteiger partial charge in [-0.1, -0.05) is 18.2 Å². The van der Waals surface area contributed by atoms with Crippen LogP contribution < -0.4 is 0 Å². The van der Waals surface area contributed by atoms with Crippen LogP contribution in [-0.4, -0.2) is 46.4 Å². The Labute approximate surface area is 174 Å². The predicted molar refractivity (Wildman–Crippen MR) is 111 cm³/mol. The van der Waals surface area contributed by atoms with Crippen molar-refractivity contribution in [2.75, 3.05) is 12.8 Å². The molecule has 29 heavy (non-hydrogen) atoms. The van der Waals surface area contributed by atoms with Gasteiger partial charge in [0, 0.05) is 24.0 Å². The minimum absolute atomic E-state index is 0.124. The molecule has 2 heterocycles. The van der Waals surface area contributed by atoms with E-state index in [4.69, 9.17) is 0 Å².